The van der Waals surface area contributed by atoms with Crippen LogP contribution in [-0.4, -0.2) is 21.8 Å². The fraction of sp³-hybridized carbons (Fsp3) is 0.174. The van der Waals surface area contributed by atoms with Crippen LogP contribution in [0, 0.1) is 12.8 Å². The van der Waals surface area contributed by atoms with Crippen molar-refractivity contribution in [3.63, 3.8) is 0 Å². The van der Waals surface area contributed by atoms with Gasteiger partial charge < -0.3 is 9.73 Å². The van der Waals surface area contributed by atoms with Crippen LogP contribution in [0.3, 0.4) is 0 Å². The molecule has 1 aliphatic rings. The minimum Gasteiger partial charge on any atom is -0.466 e. The van der Waals surface area contributed by atoms with Crippen molar-refractivity contribution in [3.05, 3.63) is 95.4 Å². The van der Waals surface area contributed by atoms with Gasteiger partial charge in [-0.05, 0) is 42.4 Å². The molecule has 1 aromatic heterocycles. The number of aryl methyl sites for hydroxylation is 1. The summed E-state index contributed by atoms with van der Waals surface area (Å²) >= 11 is 5.43. The van der Waals surface area contributed by atoms with E-state index in [-0.39, 0.29) is 17.4 Å². The number of carbonyl (C=O) groups excluding carboxylic acids is 2. The second-order valence-corrected chi connectivity index (χ2v) is 7.38. The fourth-order valence-corrected chi connectivity index (χ4v) is 3.91. The molecule has 6 heteroatoms. The number of rotatable bonds is 5. The van der Waals surface area contributed by atoms with Gasteiger partial charge in [-0.2, -0.15) is 0 Å². The van der Waals surface area contributed by atoms with E-state index in [4.69, 9.17) is 16.6 Å². The Morgan fingerprint density at radius 3 is 2.07 bits per heavy atom. The Morgan fingerprint density at radius 1 is 0.966 bits per heavy atom. The second kappa shape index (κ2) is 8.01. The van der Waals surface area contributed by atoms with Gasteiger partial charge in [-0.3, -0.25) is 14.5 Å². The van der Waals surface area contributed by atoms with E-state index in [9.17, 15) is 9.59 Å². The molecule has 0 aliphatic carbocycles. The lowest BCUT2D eigenvalue weighted by Gasteiger charge is -2.38. The van der Waals surface area contributed by atoms with E-state index < -0.39 is 17.9 Å². The number of furan rings is 1. The average Bonchev–Trinajstić information content (AvgIpc) is 3.14. The highest BCUT2D eigenvalue weighted by Gasteiger charge is 2.43. The maximum absolute atomic E-state index is 13.5. The zero-order valence-electron chi connectivity index (χ0n) is 15.9. The number of nitrogens with zero attached hydrogens (tertiary/aromatic N) is 1. The van der Waals surface area contributed by atoms with Gasteiger partial charge in [0.15, 0.2) is 5.11 Å². The number of amides is 2. The van der Waals surface area contributed by atoms with Crippen molar-refractivity contribution in [2.75, 3.05) is 0 Å². The van der Waals surface area contributed by atoms with Crippen LogP contribution < -0.4 is 5.32 Å². The molecule has 0 spiro atoms. The number of thiocarbonyl (C=S) groups is 1. The van der Waals surface area contributed by atoms with Gasteiger partial charge in [-0.1, -0.05) is 60.7 Å². The lowest BCUT2D eigenvalue weighted by molar-refractivity contribution is -0.142. The largest absolute Gasteiger partial charge is 0.466 e. The Hall–Kier alpha value is -3.25. The molecule has 1 atom stereocenters. The van der Waals surface area contributed by atoms with Gasteiger partial charge >= 0.3 is 0 Å². The van der Waals surface area contributed by atoms with Gasteiger partial charge in [-0.25, -0.2) is 0 Å². The molecule has 0 bridgehead atoms. The zero-order chi connectivity index (χ0) is 20.4. The molecule has 0 saturated carbocycles. The van der Waals surface area contributed by atoms with Crippen LogP contribution in [0.15, 0.2) is 77.2 Å². The maximum Gasteiger partial charge on any atom is 0.242 e. The SMILES string of the molecule is Cc1ccc(CC2C(=O)NC(=S)N(C(c3ccccc3)c3ccccc3)C2=O)o1. The summed E-state index contributed by atoms with van der Waals surface area (Å²) in [6, 6.07) is 22.5. The van der Waals surface area contributed by atoms with E-state index in [1.54, 1.807) is 6.07 Å². The van der Waals surface area contributed by atoms with Crippen LogP contribution in [0.2, 0.25) is 0 Å². The summed E-state index contributed by atoms with van der Waals surface area (Å²) in [4.78, 5) is 27.6. The smallest absolute Gasteiger partial charge is 0.242 e. The molecular weight excluding hydrogens is 384 g/mol. The molecule has 0 radical (unpaired) electrons. The number of benzene rings is 2. The van der Waals surface area contributed by atoms with Crippen LogP contribution in [0.25, 0.3) is 0 Å². The molecule has 1 fully saturated rings. The van der Waals surface area contributed by atoms with Crippen LogP contribution in [-0.2, 0) is 16.0 Å². The molecule has 1 aliphatic heterocycles. The number of hydrogen-bond acceptors (Lipinski definition) is 4. The molecular formula is C23H20N2O3S. The third-order valence-corrected chi connectivity index (χ3v) is 5.29. The summed E-state index contributed by atoms with van der Waals surface area (Å²) in [5.74, 6) is -0.292. The van der Waals surface area contributed by atoms with Gasteiger partial charge in [0.2, 0.25) is 11.8 Å². The number of carbonyl (C=O) groups is 2. The van der Waals surface area contributed by atoms with Crippen molar-refractivity contribution in [2.24, 2.45) is 5.92 Å². The lowest BCUT2D eigenvalue weighted by Crippen LogP contribution is -2.59. The number of hydrogen-bond donors (Lipinski definition) is 1. The fourth-order valence-electron chi connectivity index (χ4n) is 3.61. The highest BCUT2D eigenvalue weighted by Crippen LogP contribution is 2.32. The van der Waals surface area contributed by atoms with Gasteiger partial charge in [-0.15, -0.1) is 0 Å². The standard InChI is InChI=1S/C23H20N2O3S/c1-15-12-13-18(28-15)14-19-21(26)24-23(29)25(22(19)27)20(16-8-4-2-5-9-16)17-10-6-3-7-11-17/h2-13,19-20H,14H2,1H3,(H,24,26,29). The molecule has 4 rings (SSSR count). The van der Waals surface area contributed by atoms with E-state index in [0.29, 0.717) is 5.76 Å². The van der Waals surface area contributed by atoms with Crippen LogP contribution >= 0.6 is 12.2 Å². The first-order valence-corrected chi connectivity index (χ1v) is 9.78. The van der Waals surface area contributed by atoms with Crippen LogP contribution in [0.5, 0.6) is 0 Å². The van der Waals surface area contributed by atoms with Crippen molar-refractivity contribution >= 4 is 29.1 Å². The van der Waals surface area contributed by atoms with Gasteiger partial charge in [0.05, 0.1) is 6.04 Å². The minimum atomic E-state index is -0.901. The van der Waals surface area contributed by atoms with Crippen molar-refractivity contribution < 1.29 is 14.0 Å². The summed E-state index contributed by atoms with van der Waals surface area (Å²) in [6.07, 6.45) is 0.188. The first-order valence-electron chi connectivity index (χ1n) is 9.37. The lowest BCUT2D eigenvalue weighted by atomic mass is 9.93. The Balaban J connectivity index is 1.73. The summed E-state index contributed by atoms with van der Waals surface area (Å²) < 4.78 is 5.59. The molecule has 2 aromatic carbocycles. The van der Waals surface area contributed by atoms with E-state index in [0.717, 1.165) is 16.9 Å². The molecule has 1 saturated heterocycles. The Bertz CT molecular complexity index is 1010. The Morgan fingerprint density at radius 2 is 1.55 bits per heavy atom. The normalized spacial score (nSPS) is 17.0. The van der Waals surface area contributed by atoms with E-state index in [1.807, 2.05) is 73.7 Å². The Kier molecular flexibility index (Phi) is 5.27. The first kappa shape index (κ1) is 19.1. The predicted octanol–water partition coefficient (Wildman–Crippen LogP) is 3.78. The summed E-state index contributed by atoms with van der Waals surface area (Å²) in [5, 5.41) is 2.83. The quantitative estimate of drug-likeness (QED) is 0.519. The predicted molar refractivity (Wildman–Crippen MR) is 113 cm³/mol. The van der Waals surface area contributed by atoms with Crippen LogP contribution in [0.4, 0.5) is 0 Å². The van der Waals surface area contributed by atoms with Crippen molar-refractivity contribution in [3.8, 4) is 0 Å². The first-order chi connectivity index (χ1) is 14.0. The maximum atomic E-state index is 13.5. The van der Waals surface area contributed by atoms with Crippen molar-refractivity contribution in [1.29, 1.82) is 0 Å². The highest BCUT2D eigenvalue weighted by molar-refractivity contribution is 7.80. The van der Waals surface area contributed by atoms with E-state index in [1.165, 1.54) is 4.90 Å². The van der Waals surface area contributed by atoms with E-state index >= 15 is 0 Å². The van der Waals surface area contributed by atoms with Gasteiger partial charge in [0.1, 0.15) is 17.4 Å². The van der Waals surface area contributed by atoms with Crippen molar-refractivity contribution in [1.82, 2.24) is 10.2 Å². The molecule has 2 amide bonds. The van der Waals surface area contributed by atoms with Crippen molar-refractivity contribution in [2.45, 2.75) is 19.4 Å². The molecule has 5 nitrogen and oxygen atoms in total. The average molecular weight is 404 g/mol. The summed E-state index contributed by atoms with van der Waals surface area (Å²) in [7, 11) is 0. The molecule has 1 unspecified atom stereocenters. The van der Waals surface area contributed by atoms with Gasteiger partial charge in [0, 0.05) is 6.42 Å². The van der Waals surface area contributed by atoms with Gasteiger partial charge in [0.25, 0.3) is 0 Å². The van der Waals surface area contributed by atoms with E-state index in [2.05, 4.69) is 5.32 Å². The molecule has 1 N–H and O–H groups in total. The Labute approximate surface area is 174 Å². The monoisotopic (exact) mass is 404 g/mol. The van der Waals surface area contributed by atoms with Crippen LogP contribution in [0.1, 0.15) is 28.7 Å². The molecule has 29 heavy (non-hydrogen) atoms. The second-order valence-electron chi connectivity index (χ2n) is 7.00. The molecule has 3 aromatic rings. The highest BCUT2D eigenvalue weighted by atomic mass is 32.1. The zero-order valence-corrected chi connectivity index (χ0v) is 16.7. The minimum absolute atomic E-state index is 0.115. The summed E-state index contributed by atoms with van der Waals surface area (Å²) in [6.45, 7) is 1.83. The third-order valence-electron chi connectivity index (χ3n) is 4.99. The molecule has 2 heterocycles. The topological polar surface area (TPSA) is 62.6 Å². The number of nitrogens with one attached hydrogen (secondary N) is 1. The summed E-state index contributed by atoms with van der Waals surface area (Å²) in [5.41, 5.74) is 1.83. The third kappa shape index (κ3) is 3.84. The molecule has 146 valence electrons.